The highest BCUT2D eigenvalue weighted by Crippen LogP contribution is 2.42. The van der Waals surface area contributed by atoms with Crippen LogP contribution in [0.4, 0.5) is 13.2 Å². The molecular weight excluding hydrogens is 321 g/mol. The molecule has 2 aliphatic carbocycles. The van der Waals surface area contributed by atoms with Gasteiger partial charge in [-0.3, -0.25) is 9.59 Å². The van der Waals surface area contributed by atoms with Gasteiger partial charge in [0.05, 0.1) is 5.92 Å². The summed E-state index contributed by atoms with van der Waals surface area (Å²) in [6.45, 7) is 0.783. The fourth-order valence-corrected chi connectivity index (χ4v) is 3.96. The largest absolute Gasteiger partial charge is 0.392 e. The Morgan fingerprint density at radius 3 is 2.12 bits per heavy atom. The first-order chi connectivity index (χ1) is 11.4. The van der Waals surface area contributed by atoms with Crippen LogP contribution < -0.4 is 5.32 Å². The maximum Gasteiger partial charge on any atom is 0.392 e. The smallest absolute Gasteiger partial charge is 0.353 e. The first kappa shape index (κ1) is 17.5. The lowest BCUT2D eigenvalue weighted by Crippen LogP contribution is -2.48. The molecule has 4 nitrogen and oxygen atoms in total. The van der Waals surface area contributed by atoms with Crippen molar-refractivity contribution in [1.29, 1.82) is 0 Å². The van der Waals surface area contributed by atoms with Gasteiger partial charge < -0.3 is 10.2 Å². The number of nitrogens with one attached hydrogen (secondary N) is 1. The second kappa shape index (κ2) is 6.92. The van der Waals surface area contributed by atoms with Crippen molar-refractivity contribution in [3.8, 4) is 0 Å². The quantitative estimate of drug-likeness (QED) is 0.854. The van der Waals surface area contributed by atoms with Crippen molar-refractivity contribution < 1.29 is 22.8 Å². The fourth-order valence-electron chi connectivity index (χ4n) is 3.96. The molecular formula is C17H25F3N2O2. The van der Waals surface area contributed by atoms with E-state index < -0.39 is 18.0 Å². The molecule has 0 radical (unpaired) electrons. The molecule has 0 aromatic rings. The van der Waals surface area contributed by atoms with Crippen molar-refractivity contribution >= 4 is 11.8 Å². The molecule has 0 aromatic heterocycles. The van der Waals surface area contributed by atoms with Crippen LogP contribution in [0, 0.1) is 17.8 Å². The lowest BCUT2D eigenvalue weighted by atomic mass is 9.77. The topological polar surface area (TPSA) is 49.4 Å². The summed E-state index contributed by atoms with van der Waals surface area (Å²) < 4.78 is 39.6. The maximum absolute atomic E-state index is 13.2. The zero-order valence-corrected chi connectivity index (χ0v) is 13.8. The van der Waals surface area contributed by atoms with Crippen molar-refractivity contribution in [2.45, 2.75) is 63.6 Å². The Hall–Kier alpha value is -1.27. The highest BCUT2D eigenvalue weighted by molar-refractivity contribution is 5.81. The van der Waals surface area contributed by atoms with Crippen LogP contribution in [0.15, 0.2) is 0 Å². The summed E-state index contributed by atoms with van der Waals surface area (Å²) in [7, 11) is 0. The van der Waals surface area contributed by atoms with Crippen LogP contribution in [0.25, 0.3) is 0 Å². The lowest BCUT2D eigenvalue weighted by molar-refractivity contribution is -0.201. The second-order valence-electron chi connectivity index (χ2n) is 7.42. The van der Waals surface area contributed by atoms with E-state index in [4.69, 9.17) is 0 Å². The molecule has 2 amide bonds. The number of hydrogen-bond acceptors (Lipinski definition) is 2. The number of hydrogen-bond donors (Lipinski definition) is 1. The molecule has 2 atom stereocenters. The third kappa shape index (κ3) is 4.03. The van der Waals surface area contributed by atoms with Gasteiger partial charge in [0.1, 0.15) is 0 Å². The van der Waals surface area contributed by atoms with Gasteiger partial charge in [-0.05, 0) is 38.5 Å². The summed E-state index contributed by atoms with van der Waals surface area (Å²) in [6, 6.07) is 0.312. The standard InChI is InChI=1S/C17H25F3N2O2/c18-17(19,20)14-4-2-1-3-13(14)16(24)22-9-7-11(8-10-22)15(23)21-12-5-6-12/h11-14H,1-10H2,(H,21,23). The van der Waals surface area contributed by atoms with Crippen LogP contribution in [0.3, 0.4) is 0 Å². The molecule has 3 fully saturated rings. The van der Waals surface area contributed by atoms with E-state index in [1.165, 1.54) is 0 Å². The van der Waals surface area contributed by atoms with E-state index in [1.54, 1.807) is 4.90 Å². The molecule has 1 N–H and O–H groups in total. The van der Waals surface area contributed by atoms with Gasteiger partial charge in [-0.1, -0.05) is 12.8 Å². The molecule has 1 aliphatic heterocycles. The van der Waals surface area contributed by atoms with E-state index in [0.717, 1.165) is 12.8 Å². The van der Waals surface area contributed by atoms with Gasteiger partial charge in [0.15, 0.2) is 0 Å². The molecule has 2 saturated carbocycles. The van der Waals surface area contributed by atoms with Gasteiger partial charge in [-0.2, -0.15) is 13.2 Å². The van der Waals surface area contributed by atoms with E-state index in [1.807, 2.05) is 0 Å². The van der Waals surface area contributed by atoms with E-state index in [9.17, 15) is 22.8 Å². The maximum atomic E-state index is 13.2. The van der Waals surface area contributed by atoms with E-state index in [0.29, 0.717) is 51.2 Å². The molecule has 0 bridgehead atoms. The van der Waals surface area contributed by atoms with Gasteiger partial charge in [-0.25, -0.2) is 0 Å². The number of likely N-dealkylation sites (tertiary alicyclic amines) is 1. The summed E-state index contributed by atoms with van der Waals surface area (Å²) >= 11 is 0. The van der Waals surface area contributed by atoms with Gasteiger partial charge in [0, 0.05) is 31.0 Å². The van der Waals surface area contributed by atoms with Crippen molar-refractivity contribution in [1.82, 2.24) is 10.2 Å². The van der Waals surface area contributed by atoms with Crippen LogP contribution in [-0.4, -0.2) is 42.0 Å². The highest BCUT2D eigenvalue weighted by atomic mass is 19.4. The van der Waals surface area contributed by atoms with Crippen molar-refractivity contribution in [3.05, 3.63) is 0 Å². The summed E-state index contributed by atoms with van der Waals surface area (Å²) in [6.07, 6.45) is 0.462. The SMILES string of the molecule is O=C(NC1CC1)C1CCN(C(=O)C2CCCCC2C(F)(F)F)CC1. The Kier molecular flexibility index (Phi) is 5.06. The number of carbonyl (C=O) groups excluding carboxylic acids is 2. The van der Waals surface area contributed by atoms with Crippen molar-refractivity contribution in [2.24, 2.45) is 17.8 Å². The molecule has 2 unspecified atom stereocenters. The monoisotopic (exact) mass is 346 g/mol. The summed E-state index contributed by atoms with van der Waals surface area (Å²) in [5.74, 6) is -2.88. The number of alkyl halides is 3. The normalized spacial score (nSPS) is 29.4. The molecule has 24 heavy (non-hydrogen) atoms. The third-order valence-corrected chi connectivity index (χ3v) is 5.60. The third-order valence-electron chi connectivity index (χ3n) is 5.60. The van der Waals surface area contributed by atoms with Crippen LogP contribution in [-0.2, 0) is 9.59 Å². The van der Waals surface area contributed by atoms with Crippen LogP contribution in [0.1, 0.15) is 51.4 Å². The van der Waals surface area contributed by atoms with Crippen LogP contribution in [0.2, 0.25) is 0 Å². The minimum atomic E-state index is -4.30. The molecule has 1 heterocycles. The van der Waals surface area contributed by atoms with Gasteiger partial charge >= 0.3 is 6.18 Å². The summed E-state index contributed by atoms with van der Waals surface area (Å²) in [5.41, 5.74) is 0. The Balaban J connectivity index is 1.54. The lowest BCUT2D eigenvalue weighted by Gasteiger charge is -2.38. The van der Waals surface area contributed by atoms with Gasteiger partial charge in [-0.15, -0.1) is 0 Å². The Bertz CT molecular complexity index is 483. The Morgan fingerprint density at radius 2 is 1.54 bits per heavy atom. The Labute approximate surface area is 140 Å². The number of piperidine rings is 1. The van der Waals surface area contributed by atoms with Crippen LogP contribution in [0.5, 0.6) is 0 Å². The Morgan fingerprint density at radius 1 is 0.917 bits per heavy atom. The minimum Gasteiger partial charge on any atom is -0.353 e. The zero-order valence-electron chi connectivity index (χ0n) is 13.8. The highest BCUT2D eigenvalue weighted by Gasteiger charge is 2.49. The molecule has 0 spiro atoms. The molecule has 0 aromatic carbocycles. The predicted octanol–water partition coefficient (Wildman–Crippen LogP) is 2.87. The number of nitrogens with zero attached hydrogens (tertiary/aromatic N) is 1. The van der Waals surface area contributed by atoms with Crippen molar-refractivity contribution in [2.75, 3.05) is 13.1 Å². The summed E-state index contributed by atoms with van der Waals surface area (Å²) in [5, 5.41) is 2.97. The van der Waals surface area contributed by atoms with Gasteiger partial charge in [0.25, 0.3) is 0 Å². The fraction of sp³-hybridized carbons (Fsp3) is 0.882. The van der Waals surface area contributed by atoms with E-state index in [2.05, 4.69) is 5.32 Å². The molecule has 3 aliphatic rings. The molecule has 7 heteroatoms. The van der Waals surface area contributed by atoms with Gasteiger partial charge in [0.2, 0.25) is 11.8 Å². The summed E-state index contributed by atoms with van der Waals surface area (Å²) in [4.78, 5) is 26.2. The molecule has 1 saturated heterocycles. The number of amides is 2. The number of carbonyl (C=O) groups is 2. The molecule has 136 valence electrons. The van der Waals surface area contributed by atoms with Crippen molar-refractivity contribution in [3.63, 3.8) is 0 Å². The average Bonchev–Trinajstić information content (AvgIpc) is 3.37. The van der Waals surface area contributed by atoms with E-state index in [-0.39, 0.29) is 24.2 Å². The first-order valence-electron chi connectivity index (χ1n) is 9.02. The molecule has 3 rings (SSSR count). The number of rotatable bonds is 3. The average molecular weight is 346 g/mol. The predicted molar refractivity (Wildman–Crippen MR) is 82.0 cm³/mol. The number of halogens is 3. The van der Waals surface area contributed by atoms with E-state index >= 15 is 0 Å². The first-order valence-corrected chi connectivity index (χ1v) is 9.02. The zero-order chi connectivity index (χ0) is 17.3. The van der Waals surface area contributed by atoms with Crippen LogP contribution >= 0.6 is 0 Å². The minimum absolute atomic E-state index is 0.0374. The second-order valence-corrected chi connectivity index (χ2v) is 7.42.